The molecule has 1 N–H and O–H groups in total. The lowest BCUT2D eigenvalue weighted by molar-refractivity contribution is -0.133. The van der Waals surface area contributed by atoms with Crippen LogP contribution in [-0.2, 0) is 6.42 Å². The SMILES string of the molecule is FC(F)(F)CCNCCc1ccc(Cl)cc1. The molecule has 0 saturated heterocycles. The first-order valence-electron chi connectivity index (χ1n) is 4.99. The minimum absolute atomic E-state index is 0.0307. The third kappa shape index (κ3) is 5.98. The summed E-state index contributed by atoms with van der Waals surface area (Å²) in [5, 5.41) is 3.41. The number of halogens is 4. The van der Waals surface area contributed by atoms with Gasteiger partial charge in [-0.25, -0.2) is 0 Å². The molecule has 1 aromatic rings. The standard InChI is InChI=1S/C11H13ClF3N/c12-10-3-1-9(2-4-10)5-7-16-8-6-11(13,14)15/h1-4,16H,5-8H2. The molecule has 0 aliphatic rings. The molecule has 0 aliphatic carbocycles. The Balaban J connectivity index is 2.14. The Morgan fingerprint density at radius 3 is 2.25 bits per heavy atom. The van der Waals surface area contributed by atoms with Crippen molar-refractivity contribution in [3.05, 3.63) is 34.9 Å². The summed E-state index contributed by atoms with van der Waals surface area (Å²) in [4.78, 5) is 0. The first kappa shape index (κ1) is 13.3. The fourth-order valence-electron chi connectivity index (χ4n) is 1.24. The smallest absolute Gasteiger partial charge is 0.316 e. The van der Waals surface area contributed by atoms with Crippen LogP contribution in [0.15, 0.2) is 24.3 Å². The molecule has 0 fully saturated rings. The van der Waals surface area contributed by atoms with Crippen LogP contribution in [-0.4, -0.2) is 19.3 Å². The Kier molecular flexibility index (Phi) is 5.09. The summed E-state index contributed by atoms with van der Waals surface area (Å²) >= 11 is 5.70. The molecule has 0 bridgehead atoms. The highest BCUT2D eigenvalue weighted by atomic mass is 35.5. The molecular formula is C11H13ClF3N. The monoisotopic (exact) mass is 251 g/mol. The average molecular weight is 252 g/mol. The topological polar surface area (TPSA) is 12.0 Å². The van der Waals surface area contributed by atoms with Gasteiger partial charge in [-0.3, -0.25) is 0 Å². The van der Waals surface area contributed by atoms with Crippen LogP contribution in [0.3, 0.4) is 0 Å². The third-order valence-corrected chi connectivity index (χ3v) is 2.34. The van der Waals surface area contributed by atoms with Gasteiger partial charge in [-0.2, -0.15) is 13.2 Å². The predicted molar refractivity (Wildman–Crippen MR) is 58.7 cm³/mol. The molecule has 5 heteroatoms. The van der Waals surface area contributed by atoms with Gasteiger partial charge in [-0.15, -0.1) is 0 Å². The van der Waals surface area contributed by atoms with E-state index in [0.717, 1.165) is 5.56 Å². The van der Waals surface area contributed by atoms with Gasteiger partial charge < -0.3 is 5.32 Å². The summed E-state index contributed by atoms with van der Waals surface area (Å²) in [5.74, 6) is 0. The van der Waals surface area contributed by atoms with E-state index in [2.05, 4.69) is 5.32 Å². The molecule has 1 aromatic carbocycles. The molecule has 0 radical (unpaired) electrons. The zero-order valence-corrected chi connectivity index (χ0v) is 9.41. The van der Waals surface area contributed by atoms with Gasteiger partial charge in [0.25, 0.3) is 0 Å². The Morgan fingerprint density at radius 2 is 1.69 bits per heavy atom. The quantitative estimate of drug-likeness (QED) is 0.791. The van der Waals surface area contributed by atoms with Crippen molar-refractivity contribution in [1.29, 1.82) is 0 Å². The maximum absolute atomic E-state index is 11.8. The number of hydrogen-bond acceptors (Lipinski definition) is 1. The number of benzene rings is 1. The third-order valence-electron chi connectivity index (χ3n) is 2.09. The van der Waals surface area contributed by atoms with Crippen LogP contribution in [0, 0.1) is 0 Å². The van der Waals surface area contributed by atoms with Gasteiger partial charge in [0, 0.05) is 11.6 Å². The van der Waals surface area contributed by atoms with Gasteiger partial charge in [0.05, 0.1) is 6.42 Å². The van der Waals surface area contributed by atoms with E-state index < -0.39 is 12.6 Å². The van der Waals surface area contributed by atoms with Crippen LogP contribution in [0.4, 0.5) is 13.2 Å². The highest BCUT2D eigenvalue weighted by Gasteiger charge is 2.25. The van der Waals surface area contributed by atoms with Crippen LogP contribution in [0.25, 0.3) is 0 Å². The van der Waals surface area contributed by atoms with Gasteiger partial charge >= 0.3 is 6.18 Å². The summed E-state index contributed by atoms with van der Waals surface area (Å²) in [6.45, 7) is 0.509. The first-order valence-corrected chi connectivity index (χ1v) is 5.37. The number of rotatable bonds is 5. The maximum atomic E-state index is 11.8. The minimum atomic E-state index is -4.08. The molecule has 90 valence electrons. The Bertz CT molecular complexity index is 308. The van der Waals surface area contributed by atoms with Crippen molar-refractivity contribution < 1.29 is 13.2 Å². The molecule has 1 rings (SSSR count). The molecule has 0 aromatic heterocycles. The molecule has 0 atom stereocenters. The van der Waals surface area contributed by atoms with Crippen LogP contribution < -0.4 is 5.32 Å². The van der Waals surface area contributed by atoms with Crippen molar-refractivity contribution >= 4 is 11.6 Å². The van der Waals surface area contributed by atoms with E-state index in [9.17, 15) is 13.2 Å². The van der Waals surface area contributed by atoms with Gasteiger partial charge in [0.1, 0.15) is 0 Å². The highest BCUT2D eigenvalue weighted by Crippen LogP contribution is 2.18. The van der Waals surface area contributed by atoms with Gasteiger partial charge in [0.2, 0.25) is 0 Å². The number of nitrogens with one attached hydrogen (secondary N) is 1. The molecular weight excluding hydrogens is 239 g/mol. The number of alkyl halides is 3. The van der Waals surface area contributed by atoms with Crippen molar-refractivity contribution in [3.63, 3.8) is 0 Å². The van der Waals surface area contributed by atoms with Gasteiger partial charge in [-0.05, 0) is 30.7 Å². The molecule has 0 amide bonds. The Hall–Kier alpha value is -0.740. The summed E-state index contributed by atoms with van der Waals surface area (Å²) in [5.41, 5.74) is 1.06. The predicted octanol–water partition coefficient (Wildman–Crippen LogP) is 3.42. The molecule has 0 unspecified atom stereocenters. The van der Waals surface area contributed by atoms with E-state index in [1.54, 1.807) is 12.1 Å². The van der Waals surface area contributed by atoms with Gasteiger partial charge in [0.15, 0.2) is 0 Å². The van der Waals surface area contributed by atoms with Crippen molar-refractivity contribution in [2.24, 2.45) is 0 Å². The zero-order chi connectivity index (χ0) is 12.0. The second kappa shape index (κ2) is 6.11. The van der Waals surface area contributed by atoms with Crippen LogP contribution in [0.5, 0.6) is 0 Å². The van der Waals surface area contributed by atoms with Crippen LogP contribution in [0.2, 0.25) is 5.02 Å². The molecule has 1 nitrogen and oxygen atoms in total. The fourth-order valence-corrected chi connectivity index (χ4v) is 1.36. The lowest BCUT2D eigenvalue weighted by Crippen LogP contribution is -2.23. The second-order valence-corrected chi connectivity index (χ2v) is 3.93. The van der Waals surface area contributed by atoms with Crippen LogP contribution in [0.1, 0.15) is 12.0 Å². The first-order chi connectivity index (χ1) is 7.47. The largest absolute Gasteiger partial charge is 0.390 e. The summed E-state index contributed by atoms with van der Waals surface area (Å²) in [7, 11) is 0. The van der Waals surface area contributed by atoms with E-state index in [0.29, 0.717) is 18.0 Å². The molecule has 0 heterocycles. The lowest BCUT2D eigenvalue weighted by Gasteiger charge is -2.07. The van der Waals surface area contributed by atoms with Crippen molar-refractivity contribution in [3.8, 4) is 0 Å². The normalized spacial score (nSPS) is 11.8. The molecule has 16 heavy (non-hydrogen) atoms. The van der Waals surface area contributed by atoms with E-state index in [-0.39, 0.29) is 6.54 Å². The van der Waals surface area contributed by atoms with Gasteiger partial charge in [-0.1, -0.05) is 23.7 Å². The minimum Gasteiger partial charge on any atom is -0.316 e. The highest BCUT2D eigenvalue weighted by molar-refractivity contribution is 6.30. The average Bonchev–Trinajstić information content (AvgIpc) is 2.19. The second-order valence-electron chi connectivity index (χ2n) is 3.49. The summed E-state index contributed by atoms with van der Waals surface area (Å²) < 4.78 is 35.4. The van der Waals surface area contributed by atoms with Crippen molar-refractivity contribution in [2.45, 2.75) is 19.0 Å². The lowest BCUT2D eigenvalue weighted by atomic mass is 10.1. The van der Waals surface area contributed by atoms with E-state index in [1.807, 2.05) is 12.1 Å². The van der Waals surface area contributed by atoms with E-state index in [1.165, 1.54) is 0 Å². The zero-order valence-electron chi connectivity index (χ0n) is 8.65. The Labute approximate surface area is 97.6 Å². The summed E-state index contributed by atoms with van der Waals surface area (Å²) in [6.07, 6.45) is -4.16. The van der Waals surface area contributed by atoms with Crippen LogP contribution >= 0.6 is 11.6 Å². The number of hydrogen-bond donors (Lipinski definition) is 1. The maximum Gasteiger partial charge on any atom is 0.390 e. The molecule has 0 aliphatic heterocycles. The molecule has 0 saturated carbocycles. The Morgan fingerprint density at radius 1 is 1.06 bits per heavy atom. The summed E-state index contributed by atoms with van der Waals surface area (Å²) in [6, 6.07) is 7.28. The fraction of sp³-hybridized carbons (Fsp3) is 0.455. The molecule has 0 spiro atoms. The van der Waals surface area contributed by atoms with E-state index in [4.69, 9.17) is 11.6 Å². The van der Waals surface area contributed by atoms with E-state index >= 15 is 0 Å². The van der Waals surface area contributed by atoms with Crippen molar-refractivity contribution in [2.75, 3.05) is 13.1 Å². The van der Waals surface area contributed by atoms with Crippen molar-refractivity contribution in [1.82, 2.24) is 5.32 Å².